The molecule has 4 nitrogen and oxygen atoms in total. The van der Waals surface area contributed by atoms with E-state index in [4.69, 9.17) is 10.9 Å². The summed E-state index contributed by atoms with van der Waals surface area (Å²) < 4.78 is 0. The lowest BCUT2D eigenvalue weighted by Crippen LogP contribution is -2.31. The predicted molar refractivity (Wildman–Crippen MR) is 90.1 cm³/mol. The van der Waals surface area contributed by atoms with Crippen LogP contribution in [0.25, 0.3) is 0 Å². The van der Waals surface area contributed by atoms with Crippen molar-refractivity contribution in [1.82, 2.24) is 0 Å². The topological polar surface area (TPSA) is 70.6 Å². The van der Waals surface area contributed by atoms with Gasteiger partial charge in [0.1, 0.15) is 5.84 Å². The van der Waals surface area contributed by atoms with Gasteiger partial charge in [-0.1, -0.05) is 51.4 Å². The number of anilines is 1. The highest BCUT2D eigenvalue weighted by atomic mass is 16.4. The number of nitrogens with zero attached hydrogens (tertiary/aromatic N) is 1. The van der Waals surface area contributed by atoms with Gasteiger partial charge >= 0.3 is 0 Å². The Bertz CT molecular complexity index is 467. The summed E-state index contributed by atoms with van der Waals surface area (Å²) >= 11 is 0. The highest BCUT2D eigenvalue weighted by Crippen LogP contribution is 2.23. The Kier molecular flexibility index (Phi) is 6.53. The van der Waals surface area contributed by atoms with E-state index < -0.39 is 0 Å². The third kappa shape index (κ3) is 5.66. The second-order valence-corrected chi connectivity index (χ2v) is 6.53. The van der Waals surface area contributed by atoms with Crippen molar-refractivity contribution in [3.05, 3.63) is 29.8 Å². The van der Waals surface area contributed by atoms with E-state index in [0.717, 1.165) is 25.8 Å². The third-order valence-electron chi connectivity index (χ3n) is 3.91. The zero-order chi connectivity index (χ0) is 15.9. The van der Waals surface area contributed by atoms with Gasteiger partial charge in [0.2, 0.25) is 0 Å². The lowest BCUT2D eigenvalue weighted by molar-refractivity contribution is 0.304. The summed E-state index contributed by atoms with van der Waals surface area (Å²) in [5.74, 6) is 0.855. The lowest BCUT2D eigenvalue weighted by atomic mass is 9.86. The Morgan fingerprint density at radius 3 is 2.67 bits per heavy atom. The van der Waals surface area contributed by atoms with Gasteiger partial charge in [0.25, 0.3) is 0 Å². The first-order valence-corrected chi connectivity index (χ1v) is 7.68. The monoisotopic (exact) mass is 291 g/mol. The molecule has 1 rings (SSSR count). The number of hydrogen-bond acceptors (Lipinski definition) is 3. The maximum absolute atomic E-state index is 8.74. The summed E-state index contributed by atoms with van der Waals surface area (Å²) in [6.07, 6.45) is 3.02. The molecule has 0 aliphatic heterocycles. The molecule has 0 saturated heterocycles. The first kappa shape index (κ1) is 17.3. The fourth-order valence-corrected chi connectivity index (χ4v) is 2.20. The molecule has 0 aliphatic rings. The average molecular weight is 291 g/mol. The summed E-state index contributed by atoms with van der Waals surface area (Å²) in [6, 6.07) is 8.58. The molecule has 0 heterocycles. The molecule has 0 aliphatic carbocycles. The highest BCUT2D eigenvalue weighted by molar-refractivity contribution is 5.85. The van der Waals surface area contributed by atoms with Crippen molar-refractivity contribution in [2.75, 3.05) is 11.9 Å². The predicted octanol–water partition coefficient (Wildman–Crippen LogP) is 4.16. The van der Waals surface area contributed by atoms with Crippen molar-refractivity contribution in [2.24, 2.45) is 16.3 Å². The molecule has 4 N–H and O–H groups in total. The average Bonchev–Trinajstić information content (AvgIpc) is 2.46. The number of unbranched alkanes of at least 4 members (excludes halogenated alkanes) is 1. The Hall–Kier alpha value is -1.71. The molecule has 0 radical (unpaired) electrons. The summed E-state index contributed by atoms with van der Waals surface area (Å²) in [7, 11) is 0. The van der Waals surface area contributed by atoms with E-state index in [1.807, 2.05) is 13.8 Å². The highest BCUT2D eigenvalue weighted by Gasteiger charge is 2.22. The van der Waals surface area contributed by atoms with E-state index in [-0.39, 0.29) is 5.41 Å². The maximum atomic E-state index is 8.74. The Balaban J connectivity index is 2.33. The smallest absolute Gasteiger partial charge is 0.144 e. The van der Waals surface area contributed by atoms with Gasteiger partial charge < -0.3 is 16.3 Å². The first-order valence-electron chi connectivity index (χ1n) is 7.68. The molecule has 0 saturated carbocycles. The number of benzene rings is 1. The molecule has 4 heteroatoms. The molecule has 0 bridgehead atoms. The summed E-state index contributed by atoms with van der Waals surface area (Å²) in [5, 5.41) is 15.3. The van der Waals surface area contributed by atoms with Gasteiger partial charge in [-0.3, -0.25) is 0 Å². The van der Waals surface area contributed by atoms with Crippen molar-refractivity contribution >= 4 is 11.5 Å². The molecule has 0 spiro atoms. The van der Waals surface area contributed by atoms with Crippen molar-refractivity contribution in [2.45, 2.75) is 52.9 Å². The summed E-state index contributed by atoms with van der Waals surface area (Å²) in [4.78, 5) is 0. The minimum atomic E-state index is -0.244. The second kappa shape index (κ2) is 7.91. The van der Waals surface area contributed by atoms with Gasteiger partial charge in [-0.2, -0.15) is 0 Å². The van der Waals surface area contributed by atoms with Gasteiger partial charge in [-0.15, -0.1) is 0 Å². The zero-order valence-corrected chi connectivity index (χ0v) is 13.7. The molecule has 1 aromatic rings. The number of oxime groups is 1. The Labute approximate surface area is 128 Å². The number of rotatable bonds is 8. The lowest BCUT2D eigenvalue weighted by Gasteiger charge is -2.22. The fraction of sp³-hybridized carbons (Fsp3) is 0.588. The fourth-order valence-electron chi connectivity index (χ4n) is 2.20. The number of amidine groups is 1. The molecule has 0 atom stereocenters. The van der Waals surface area contributed by atoms with Crippen molar-refractivity contribution in [1.29, 1.82) is 0 Å². The van der Waals surface area contributed by atoms with Crippen LogP contribution in [0, 0.1) is 5.41 Å². The second-order valence-electron chi connectivity index (χ2n) is 6.53. The molecule has 0 aromatic heterocycles. The molecular formula is C17H29N3O. The van der Waals surface area contributed by atoms with Gasteiger partial charge in [-0.05, 0) is 36.5 Å². The normalized spacial score (nSPS) is 12.7. The van der Waals surface area contributed by atoms with Crippen LogP contribution in [0.1, 0.15) is 58.4 Å². The van der Waals surface area contributed by atoms with E-state index >= 15 is 0 Å². The van der Waals surface area contributed by atoms with E-state index in [2.05, 4.69) is 48.6 Å². The van der Waals surface area contributed by atoms with E-state index in [9.17, 15) is 0 Å². The number of nitrogens with two attached hydrogens (primary N) is 1. The summed E-state index contributed by atoms with van der Waals surface area (Å²) in [6.45, 7) is 9.35. The van der Waals surface area contributed by atoms with Crippen LogP contribution in [-0.2, 0) is 0 Å². The Morgan fingerprint density at radius 1 is 1.33 bits per heavy atom. The van der Waals surface area contributed by atoms with Crippen LogP contribution in [0.3, 0.4) is 0 Å². The van der Waals surface area contributed by atoms with Crippen LogP contribution in [-0.4, -0.2) is 17.6 Å². The quantitative estimate of drug-likeness (QED) is 0.221. The molecule has 0 fully saturated rings. The summed E-state index contributed by atoms with van der Waals surface area (Å²) in [5.41, 5.74) is 7.97. The Morgan fingerprint density at radius 2 is 2.05 bits per heavy atom. The molecule has 0 unspecified atom stereocenters. The zero-order valence-electron chi connectivity index (χ0n) is 13.7. The third-order valence-corrected chi connectivity index (χ3v) is 3.91. The molecular weight excluding hydrogens is 262 g/mol. The van der Waals surface area contributed by atoms with Gasteiger partial charge in [0.15, 0.2) is 0 Å². The van der Waals surface area contributed by atoms with E-state index in [1.54, 1.807) is 0 Å². The largest absolute Gasteiger partial charge is 0.409 e. The van der Waals surface area contributed by atoms with Crippen LogP contribution in [0.2, 0.25) is 0 Å². The first-order chi connectivity index (χ1) is 9.86. The maximum Gasteiger partial charge on any atom is 0.144 e. The standard InChI is InChI=1S/C17H29N3O/c1-13(2)14-8-7-9-15(12-14)19-11-6-5-10-17(3,4)16(18)20-21/h7-9,12-13,19,21H,5-6,10-11H2,1-4H3,(H2,18,20). The minimum absolute atomic E-state index is 0.244. The van der Waals surface area contributed by atoms with Crippen LogP contribution >= 0.6 is 0 Å². The van der Waals surface area contributed by atoms with Crippen molar-refractivity contribution < 1.29 is 5.21 Å². The van der Waals surface area contributed by atoms with Crippen molar-refractivity contribution in [3.8, 4) is 0 Å². The minimum Gasteiger partial charge on any atom is -0.409 e. The number of nitrogens with one attached hydrogen (secondary N) is 1. The van der Waals surface area contributed by atoms with Gasteiger partial charge in [0.05, 0.1) is 0 Å². The van der Waals surface area contributed by atoms with E-state index in [1.165, 1.54) is 11.3 Å². The molecule has 118 valence electrons. The molecule has 1 aromatic carbocycles. The van der Waals surface area contributed by atoms with E-state index in [0.29, 0.717) is 11.8 Å². The molecule has 0 amide bonds. The van der Waals surface area contributed by atoms with Gasteiger partial charge in [0, 0.05) is 17.6 Å². The van der Waals surface area contributed by atoms with Crippen LogP contribution in [0.4, 0.5) is 5.69 Å². The van der Waals surface area contributed by atoms with Crippen molar-refractivity contribution in [3.63, 3.8) is 0 Å². The SMILES string of the molecule is CC(C)c1cccc(NCCCCC(C)(C)/C(N)=N/O)c1. The molecule has 21 heavy (non-hydrogen) atoms. The van der Waals surface area contributed by atoms with Crippen LogP contribution in [0.5, 0.6) is 0 Å². The van der Waals surface area contributed by atoms with Crippen LogP contribution < -0.4 is 11.1 Å². The number of hydrogen-bond donors (Lipinski definition) is 3. The van der Waals surface area contributed by atoms with Crippen LogP contribution in [0.15, 0.2) is 29.4 Å². The van der Waals surface area contributed by atoms with Gasteiger partial charge in [-0.25, -0.2) is 0 Å².